The first-order valence-electron chi connectivity index (χ1n) is 11.2. The fourth-order valence-electron chi connectivity index (χ4n) is 4.26. The van der Waals surface area contributed by atoms with Crippen molar-refractivity contribution >= 4 is 17.7 Å². The molecule has 1 N–H and O–H groups in total. The molecular formula is C25H29FN4O3S. The van der Waals surface area contributed by atoms with Crippen LogP contribution in [0.3, 0.4) is 0 Å². The molecule has 0 aliphatic carbocycles. The number of aryl methyl sites for hydroxylation is 3. The molecule has 7 nitrogen and oxygen atoms in total. The fourth-order valence-corrected chi connectivity index (χ4v) is 5.48. The van der Waals surface area contributed by atoms with Gasteiger partial charge in [0, 0.05) is 23.2 Å². The molecule has 1 amide bonds. The zero-order chi connectivity index (χ0) is 24.2. The molecule has 4 rings (SSSR count). The molecule has 9 heteroatoms. The smallest absolute Gasteiger partial charge is 0.237 e. The number of thioether (sulfide) groups is 1. The summed E-state index contributed by atoms with van der Waals surface area (Å²) in [4.78, 5) is 16.5. The molecule has 0 spiro atoms. The number of likely N-dealkylation sites (tertiary alicyclic amines) is 1. The number of carbonyl (C=O) groups is 1. The Morgan fingerprint density at radius 3 is 2.65 bits per heavy atom. The molecule has 1 fully saturated rings. The minimum absolute atomic E-state index is 0.0486. The third kappa shape index (κ3) is 5.59. The molecular weight excluding hydrogens is 455 g/mol. The normalized spacial score (nSPS) is 18.3. The Morgan fingerprint density at radius 1 is 1.21 bits per heavy atom. The van der Waals surface area contributed by atoms with E-state index in [-0.39, 0.29) is 29.6 Å². The summed E-state index contributed by atoms with van der Waals surface area (Å²) in [5, 5.41) is 10.8. The lowest BCUT2D eigenvalue weighted by atomic mass is 10.0. The van der Waals surface area contributed by atoms with Crippen LogP contribution in [-0.2, 0) is 17.9 Å². The molecule has 0 saturated carbocycles. The van der Waals surface area contributed by atoms with Crippen LogP contribution < -0.4 is 10.1 Å². The van der Waals surface area contributed by atoms with E-state index in [1.165, 1.54) is 17.7 Å². The molecule has 1 aromatic heterocycles. The Bertz CT molecular complexity index is 1150. The van der Waals surface area contributed by atoms with E-state index in [0.717, 1.165) is 28.3 Å². The van der Waals surface area contributed by atoms with Gasteiger partial charge in [0.1, 0.15) is 23.0 Å². The highest BCUT2D eigenvalue weighted by atomic mass is 32.2. The van der Waals surface area contributed by atoms with Crippen molar-refractivity contribution in [1.29, 1.82) is 0 Å². The number of methoxy groups -OCH3 is 1. The van der Waals surface area contributed by atoms with E-state index < -0.39 is 0 Å². The number of nitrogens with one attached hydrogen (secondary N) is 1. The number of rotatable bonds is 8. The number of carbonyl (C=O) groups excluding carboxylic acids is 1. The van der Waals surface area contributed by atoms with Crippen LogP contribution in [-0.4, -0.2) is 46.1 Å². The standard InChI is InChI=1S/C25H29FN4O3S/c1-15-10-24(32-4)16(2)9-18(15)13-30-14-21(34-20-7-5-19(26)6-8-20)11-23(30)25(31)27-12-22-17(3)28-33-29-22/h5-10,21,23H,11-14H2,1-4H3,(H,27,31)/t21-,23+/m1/s1. The number of benzene rings is 2. The topological polar surface area (TPSA) is 80.5 Å². The molecule has 3 aromatic rings. The van der Waals surface area contributed by atoms with E-state index in [9.17, 15) is 9.18 Å². The van der Waals surface area contributed by atoms with Crippen molar-refractivity contribution in [1.82, 2.24) is 20.5 Å². The van der Waals surface area contributed by atoms with Gasteiger partial charge in [0.2, 0.25) is 5.91 Å². The maximum Gasteiger partial charge on any atom is 0.237 e. The lowest BCUT2D eigenvalue weighted by Crippen LogP contribution is -2.42. The van der Waals surface area contributed by atoms with Gasteiger partial charge in [0.15, 0.2) is 0 Å². The monoisotopic (exact) mass is 484 g/mol. The van der Waals surface area contributed by atoms with E-state index in [4.69, 9.17) is 9.37 Å². The lowest BCUT2D eigenvalue weighted by Gasteiger charge is -2.25. The molecule has 1 aliphatic rings. The Hall–Kier alpha value is -2.91. The average Bonchev–Trinajstić information content (AvgIpc) is 3.41. The third-order valence-electron chi connectivity index (χ3n) is 6.19. The van der Waals surface area contributed by atoms with E-state index in [0.29, 0.717) is 24.4 Å². The van der Waals surface area contributed by atoms with Crippen LogP contribution in [0, 0.1) is 26.6 Å². The van der Waals surface area contributed by atoms with Gasteiger partial charge in [-0.15, -0.1) is 11.8 Å². The van der Waals surface area contributed by atoms with Crippen molar-refractivity contribution in [3.05, 3.63) is 70.3 Å². The number of hydrogen-bond donors (Lipinski definition) is 1. The average molecular weight is 485 g/mol. The van der Waals surface area contributed by atoms with Crippen molar-refractivity contribution in [3.8, 4) is 5.75 Å². The highest BCUT2D eigenvalue weighted by Gasteiger charge is 2.37. The number of amides is 1. The van der Waals surface area contributed by atoms with Crippen LogP contribution in [0.2, 0.25) is 0 Å². The number of aromatic nitrogens is 2. The first kappa shape index (κ1) is 24.2. The van der Waals surface area contributed by atoms with Crippen LogP contribution in [0.5, 0.6) is 5.75 Å². The van der Waals surface area contributed by atoms with E-state index in [1.54, 1.807) is 37.9 Å². The molecule has 2 atom stereocenters. The summed E-state index contributed by atoms with van der Waals surface area (Å²) in [6, 6.07) is 10.4. The van der Waals surface area contributed by atoms with Crippen molar-refractivity contribution in [2.45, 2.75) is 56.5 Å². The molecule has 0 radical (unpaired) electrons. The van der Waals surface area contributed by atoms with E-state index in [1.807, 2.05) is 13.0 Å². The van der Waals surface area contributed by atoms with Crippen LogP contribution in [0.15, 0.2) is 45.9 Å². The Balaban J connectivity index is 1.51. The number of nitrogens with zero attached hydrogens (tertiary/aromatic N) is 3. The SMILES string of the molecule is COc1cc(C)c(CN2C[C@H](Sc3ccc(F)cc3)C[C@H]2C(=O)NCc2nonc2C)cc1C. The van der Waals surface area contributed by atoms with Gasteiger partial charge >= 0.3 is 0 Å². The first-order chi connectivity index (χ1) is 16.3. The predicted octanol–water partition coefficient (Wildman–Crippen LogP) is 4.19. The van der Waals surface area contributed by atoms with Crippen LogP contribution in [0.4, 0.5) is 4.39 Å². The van der Waals surface area contributed by atoms with Crippen molar-refractivity contribution in [2.24, 2.45) is 0 Å². The molecule has 34 heavy (non-hydrogen) atoms. The first-order valence-corrected chi connectivity index (χ1v) is 12.1. The second kappa shape index (κ2) is 10.6. The molecule has 1 saturated heterocycles. The zero-order valence-electron chi connectivity index (χ0n) is 19.8. The maximum atomic E-state index is 13.3. The lowest BCUT2D eigenvalue weighted by molar-refractivity contribution is -0.125. The summed E-state index contributed by atoms with van der Waals surface area (Å²) < 4.78 is 23.5. The Labute approximate surface area is 203 Å². The predicted molar refractivity (Wildman–Crippen MR) is 128 cm³/mol. The highest BCUT2D eigenvalue weighted by molar-refractivity contribution is 8.00. The van der Waals surface area contributed by atoms with Gasteiger partial charge in [0.25, 0.3) is 0 Å². The highest BCUT2D eigenvalue weighted by Crippen LogP contribution is 2.35. The minimum atomic E-state index is -0.292. The number of hydrogen-bond acceptors (Lipinski definition) is 7. The fraction of sp³-hybridized carbons (Fsp3) is 0.400. The van der Waals surface area contributed by atoms with Crippen LogP contribution in [0.1, 0.15) is 34.5 Å². The van der Waals surface area contributed by atoms with Gasteiger partial charge in [0.05, 0.1) is 19.7 Å². The molecule has 0 unspecified atom stereocenters. The second-order valence-corrected chi connectivity index (χ2v) is 10.0. The largest absolute Gasteiger partial charge is 0.496 e. The number of halogens is 1. The van der Waals surface area contributed by atoms with Gasteiger partial charge < -0.3 is 10.1 Å². The van der Waals surface area contributed by atoms with Gasteiger partial charge in [-0.3, -0.25) is 9.69 Å². The number of ether oxygens (including phenoxy) is 1. The second-order valence-electron chi connectivity index (χ2n) is 8.64. The summed E-state index contributed by atoms with van der Waals surface area (Å²) >= 11 is 1.68. The molecule has 2 aromatic carbocycles. The van der Waals surface area contributed by atoms with E-state index >= 15 is 0 Å². The zero-order valence-corrected chi connectivity index (χ0v) is 20.6. The van der Waals surface area contributed by atoms with Gasteiger partial charge in [-0.2, -0.15) is 0 Å². The molecule has 180 valence electrons. The van der Waals surface area contributed by atoms with Crippen LogP contribution >= 0.6 is 11.8 Å². The minimum Gasteiger partial charge on any atom is -0.496 e. The Morgan fingerprint density at radius 2 is 1.97 bits per heavy atom. The Kier molecular flexibility index (Phi) is 7.53. The summed E-state index contributed by atoms with van der Waals surface area (Å²) in [5.74, 6) is 0.559. The van der Waals surface area contributed by atoms with E-state index in [2.05, 4.69) is 33.5 Å². The van der Waals surface area contributed by atoms with Crippen molar-refractivity contribution in [2.75, 3.05) is 13.7 Å². The molecule has 1 aliphatic heterocycles. The quantitative estimate of drug-likeness (QED) is 0.513. The van der Waals surface area contributed by atoms with Crippen molar-refractivity contribution in [3.63, 3.8) is 0 Å². The summed E-state index contributed by atoms with van der Waals surface area (Å²) in [6.07, 6.45) is 0.693. The third-order valence-corrected chi connectivity index (χ3v) is 7.41. The van der Waals surface area contributed by atoms with Crippen LogP contribution in [0.25, 0.3) is 0 Å². The molecule has 2 heterocycles. The summed E-state index contributed by atoms with van der Waals surface area (Å²) in [5.41, 5.74) is 4.64. The van der Waals surface area contributed by atoms with Gasteiger partial charge in [-0.25, -0.2) is 9.02 Å². The van der Waals surface area contributed by atoms with Gasteiger partial charge in [-0.1, -0.05) is 16.4 Å². The summed E-state index contributed by atoms with van der Waals surface area (Å²) in [6.45, 7) is 7.55. The molecule has 0 bridgehead atoms. The maximum absolute atomic E-state index is 13.3. The van der Waals surface area contributed by atoms with Gasteiger partial charge in [-0.05, 0) is 74.2 Å². The van der Waals surface area contributed by atoms with Crippen molar-refractivity contribution < 1.29 is 18.6 Å². The summed E-state index contributed by atoms with van der Waals surface area (Å²) in [7, 11) is 1.67.